The highest BCUT2D eigenvalue weighted by atomic mass is 35.5. The zero-order valence-electron chi connectivity index (χ0n) is 15.9. The Kier molecular flexibility index (Phi) is 5.71. The van der Waals surface area contributed by atoms with E-state index in [1.54, 1.807) is 13.2 Å². The molecular weight excluding hydrogens is 364 g/mol. The first-order chi connectivity index (χ1) is 12.9. The Morgan fingerprint density at radius 2 is 2.04 bits per heavy atom. The molecule has 1 aromatic carbocycles. The average molecular weight is 387 g/mol. The summed E-state index contributed by atoms with van der Waals surface area (Å²) in [5.74, 6) is 0.688. The third kappa shape index (κ3) is 4.08. The van der Waals surface area contributed by atoms with Crippen molar-refractivity contribution in [3.63, 3.8) is 0 Å². The molecule has 0 saturated carbocycles. The lowest BCUT2D eigenvalue weighted by Gasteiger charge is -2.08. The summed E-state index contributed by atoms with van der Waals surface area (Å²) in [6.45, 7) is 4.36. The van der Waals surface area contributed by atoms with Gasteiger partial charge in [-0.15, -0.1) is 0 Å². The molecule has 0 saturated heterocycles. The number of esters is 1. The molecule has 0 radical (unpaired) electrons. The van der Waals surface area contributed by atoms with Crippen LogP contribution in [0.25, 0.3) is 10.9 Å². The summed E-state index contributed by atoms with van der Waals surface area (Å²) in [4.78, 5) is 19.7. The largest absolute Gasteiger partial charge is 0.495 e. The zero-order valence-corrected chi connectivity index (χ0v) is 16.7. The van der Waals surface area contributed by atoms with E-state index in [1.807, 2.05) is 24.3 Å². The van der Waals surface area contributed by atoms with Gasteiger partial charge < -0.3 is 14.5 Å². The maximum atomic E-state index is 11.8. The van der Waals surface area contributed by atoms with Crippen LogP contribution in [0.5, 0.6) is 5.75 Å². The number of nitrogens with one attached hydrogen (secondary N) is 1. The molecule has 0 amide bonds. The van der Waals surface area contributed by atoms with Crippen LogP contribution >= 0.6 is 11.6 Å². The molecule has 3 aromatic rings. The third-order valence-corrected chi connectivity index (χ3v) is 4.73. The van der Waals surface area contributed by atoms with Crippen LogP contribution in [-0.2, 0) is 17.6 Å². The van der Waals surface area contributed by atoms with Crippen molar-refractivity contribution >= 4 is 28.5 Å². The highest BCUT2D eigenvalue weighted by molar-refractivity contribution is 6.32. The number of H-pyrrole nitrogens is 1. The minimum Gasteiger partial charge on any atom is -0.495 e. The van der Waals surface area contributed by atoms with Gasteiger partial charge in [-0.25, -0.2) is 9.78 Å². The summed E-state index contributed by atoms with van der Waals surface area (Å²) < 4.78 is 10.1. The summed E-state index contributed by atoms with van der Waals surface area (Å²) >= 11 is 6.36. The van der Waals surface area contributed by atoms with Gasteiger partial charge in [-0.05, 0) is 36.1 Å². The first kappa shape index (κ1) is 19.2. The van der Waals surface area contributed by atoms with Gasteiger partial charge in [0.2, 0.25) is 0 Å². The van der Waals surface area contributed by atoms with Crippen LogP contribution in [0, 0.1) is 5.92 Å². The molecule has 0 aliphatic carbocycles. The number of pyridine rings is 1. The van der Waals surface area contributed by atoms with Crippen molar-refractivity contribution in [1.82, 2.24) is 9.97 Å². The lowest BCUT2D eigenvalue weighted by atomic mass is 9.99. The number of halogens is 1. The number of methoxy groups -OCH3 is 2. The van der Waals surface area contributed by atoms with Gasteiger partial charge in [0, 0.05) is 34.8 Å². The molecule has 0 unspecified atom stereocenters. The Morgan fingerprint density at radius 3 is 2.70 bits per heavy atom. The Hall–Kier alpha value is -2.53. The summed E-state index contributed by atoms with van der Waals surface area (Å²) in [5, 5.41) is 1.61. The number of ether oxygens (including phenoxy) is 2. The first-order valence-electron chi connectivity index (χ1n) is 8.84. The summed E-state index contributed by atoms with van der Waals surface area (Å²) in [7, 11) is 2.96. The molecule has 142 valence electrons. The number of nitrogens with zero attached hydrogens (tertiary/aromatic N) is 1. The highest BCUT2D eigenvalue weighted by Crippen LogP contribution is 2.34. The van der Waals surface area contributed by atoms with Crippen LogP contribution in [0.1, 0.15) is 41.3 Å². The lowest BCUT2D eigenvalue weighted by Crippen LogP contribution is -2.06. The van der Waals surface area contributed by atoms with E-state index < -0.39 is 5.97 Å². The van der Waals surface area contributed by atoms with Crippen molar-refractivity contribution < 1.29 is 14.3 Å². The van der Waals surface area contributed by atoms with Crippen molar-refractivity contribution in [3.8, 4) is 5.75 Å². The predicted octanol–water partition coefficient (Wildman–Crippen LogP) is 4.80. The SMILES string of the molecule is COC(=O)c1cccc(Cc2c(CC(C)C)[nH]c3cc(OC)c(Cl)cc23)n1. The number of carbonyl (C=O) groups is 1. The minimum absolute atomic E-state index is 0.306. The summed E-state index contributed by atoms with van der Waals surface area (Å²) in [6.07, 6.45) is 1.50. The molecule has 0 aliphatic heterocycles. The third-order valence-electron chi connectivity index (χ3n) is 4.44. The van der Waals surface area contributed by atoms with Crippen molar-refractivity contribution in [1.29, 1.82) is 0 Å². The fourth-order valence-electron chi connectivity index (χ4n) is 3.23. The van der Waals surface area contributed by atoms with Crippen LogP contribution < -0.4 is 4.74 Å². The normalized spacial score (nSPS) is 11.2. The molecule has 2 heterocycles. The lowest BCUT2D eigenvalue weighted by molar-refractivity contribution is 0.0593. The van der Waals surface area contributed by atoms with Crippen LogP contribution in [0.4, 0.5) is 0 Å². The van der Waals surface area contributed by atoms with Gasteiger partial charge in [-0.2, -0.15) is 0 Å². The van der Waals surface area contributed by atoms with Crippen molar-refractivity contribution in [2.75, 3.05) is 14.2 Å². The predicted molar refractivity (Wildman–Crippen MR) is 107 cm³/mol. The van der Waals surface area contributed by atoms with Crippen LogP contribution in [0.3, 0.4) is 0 Å². The van der Waals surface area contributed by atoms with E-state index >= 15 is 0 Å². The summed E-state index contributed by atoms with van der Waals surface area (Å²) in [5.41, 5.74) is 4.37. The van der Waals surface area contributed by atoms with Crippen LogP contribution in [-0.4, -0.2) is 30.2 Å². The second-order valence-electron chi connectivity index (χ2n) is 6.89. The fourth-order valence-corrected chi connectivity index (χ4v) is 3.47. The molecule has 1 N–H and O–H groups in total. The van der Waals surface area contributed by atoms with Gasteiger partial charge >= 0.3 is 5.97 Å². The van der Waals surface area contributed by atoms with E-state index in [0.29, 0.717) is 28.8 Å². The number of benzene rings is 1. The number of fused-ring (bicyclic) bond motifs is 1. The Morgan fingerprint density at radius 1 is 1.26 bits per heavy atom. The van der Waals surface area contributed by atoms with E-state index in [0.717, 1.165) is 34.3 Å². The molecule has 0 aliphatic rings. The molecule has 0 spiro atoms. The number of rotatable bonds is 6. The van der Waals surface area contributed by atoms with E-state index in [-0.39, 0.29) is 0 Å². The van der Waals surface area contributed by atoms with Crippen molar-refractivity contribution in [3.05, 3.63) is 58.0 Å². The molecule has 0 fully saturated rings. The molecule has 27 heavy (non-hydrogen) atoms. The van der Waals surface area contributed by atoms with Gasteiger partial charge in [-0.3, -0.25) is 0 Å². The van der Waals surface area contributed by atoms with E-state index in [9.17, 15) is 4.79 Å². The average Bonchev–Trinajstić information content (AvgIpc) is 2.96. The minimum atomic E-state index is -0.439. The van der Waals surface area contributed by atoms with Gasteiger partial charge in [0.05, 0.1) is 19.2 Å². The summed E-state index contributed by atoms with van der Waals surface area (Å²) in [6, 6.07) is 9.23. The number of carbonyl (C=O) groups excluding carboxylic acids is 1. The number of aromatic amines is 1. The molecular formula is C21H23ClN2O3. The number of hydrogen-bond acceptors (Lipinski definition) is 4. The molecule has 5 nitrogen and oxygen atoms in total. The molecule has 2 aromatic heterocycles. The Labute approximate surface area is 163 Å². The van der Waals surface area contributed by atoms with E-state index in [1.165, 1.54) is 7.11 Å². The Bertz CT molecular complexity index is 979. The molecule has 0 bridgehead atoms. The van der Waals surface area contributed by atoms with Crippen LogP contribution in [0.15, 0.2) is 30.3 Å². The number of hydrogen-bond donors (Lipinski definition) is 1. The van der Waals surface area contributed by atoms with Crippen molar-refractivity contribution in [2.24, 2.45) is 5.92 Å². The Balaban J connectivity index is 2.08. The number of aromatic nitrogens is 2. The maximum Gasteiger partial charge on any atom is 0.356 e. The quantitative estimate of drug-likeness (QED) is 0.618. The first-order valence-corrected chi connectivity index (χ1v) is 9.22. The van der Waals surface area contributed by atoms with E-state index in [2.05, 4.69) is 23.8 Å². The second kappa shape index (κ2) is 8.01. The monoisotopic (exact) mass is 386 g/mol. The topological polar surface area (TPSA) is 64.2 Å². The molecule has 3 rings (SSSR count). The standard InChI is InChI=1S/C21H23ClN2O3/c1-12(2)8-18-14(9-13-6-5-7-17(23-13)21(25)27-4)15-10-16(22)20(26-3)11-19(15)24-18/h5-7,10-12,24H,8-9H2,1-4H3. The smallest absolute Gasteiger partial charge is 0.356 e. The van der Waals surface area contributed by atoms with Crippen molar-refractivity contribution in [2.45, 2.75) is 26.7 Å². The van der Waals surface area contributed by atoms with Gasteiger partial charge in [-0.1, -0.05) is 31.5 Å². The van der Waals surface area contributed by atoms with Gasteiger partial charge in [0.25, 0.3) is 0 Å². The maximum absolute atomic E-state index is 11.8. The van der Waals surface area contributed by atoms with Gasteiger partial charge in [0.1, 0.15) is 11.4 Å². The highest BCUT2D eigenvalue weighted by Gasteiger charge is 2.17. The second-order valence-corrected chi connectivity index (χ2v) is 7.30. The zero-order chi connectivity index (χ0) is 19.6. The molecule has 0 atom stereocenters. The molecule has 6 heteroatoms. The van der Waals surface area contributed by atoms with E-state index in [4.69, 9.17) is 21.1 Å². The van der Waals surface area contributed by atoms with Gasteiger partial charge in [0.15, 0.2) is 0 Å². The fraction of sp³-hybridized carbons (Fsp3) is 0.333. The van der Waals surface area contributed by atoms with Crippen LogP contribution in [0.2, 0.25) is 5.02 Å².